The van der Waals surface area contributed by atoms with Gasteiger partial charge in [-0.25, -0.2) is 4.79 Å². The number of guanidine groups is 1. The van der Waals surface area contributed by atoms with Crippen LogP contribution >= 0.6 is 24.0 Å². The first-order valence-corrected chi connectivity index (χ1v) is 8.35. The SMILES string of the molecule is COCCN(CCN=C(N)N1CCCCC1)C(=O)OC(C)(C)C.I. The predicted octanol–water partition coefficient (Wildman–Crippen LogP) is 2.29. The molecule has 1 fully saturated rings. The number of carbonyl (C=O) groups excluding carboxylic acids is 1. The first kappa shape index (κ1) is 23.2. The minimum absolute atomic E-state index is 0. The Morgan fingerprint density at radius 1 is 1.21 bits per heavy atom. The normalized spacial score (nSPS) is 15.7. The summed E-state index contributed by atoms with van der Waals surface area (Å²) < 4.78 is 10.5. The highest BCUT2D eigenvalue weighted by molar-refractivity contribution is 14.0. The zero-order valence-electron chi connectivity index (χ0n) is 15.4. The number of rotatable bonds is 6. The van der Waals surface area contributed by atoms with Crippen molar-refractivity contribution < 1.29 is 14.3 Å². The molecule has 0 saturated carbocycles. The molecule has 0 aromatic heterocycles. The van der Waals surface area contributed by atoms with Gasteiger partial charge in [-0.1, -0.05) is 0 Å². The third kappa shape index (κ3) is 9.51. The number of nitrogens with zero attached hydrogens (tertiary/aromatic N) is 3. The largest absolute Gasteiger partial charge is 0.444 e. The molecule has 2 N–H and O–H groups in total. The van der Waals surface area contributed by atoms with Crippen LogP contribution in [-0.2, 0) is 9.47 Å². The molecule has 1 rings (SSSR count). The molecule has 0 unspecified atom stereocenters. The second-order valence-corrected chi connectivity index (χ2v) is 6.75. The molecule has 1 amide bonds. The van der Waals surface area contributed by atoms with Crippen molar-refractivity contribution in [3.05, 3.63) is 0 Å². The molecule has 1 aliphatic rings. The van der Waals surface area contributed by atoms with Gasteiger partial charge < -0.3 is 25.0 Å². The van der Waals surface area contributed by atoms with Gasteiger partial charge >= 0.3 is 6.09 Å². The molecule has 1 heterocycles. The average molecular weight is 456 g/mol. The summed E-state index contributed by atoms with van der Waals surface area (Å²) in [5, 5.41) is 0. The zero-order valence-corrected chi connectivity index (χ0v) is 17.7. The molecule has 8 heteroatoms. The van der Waals surface area contributed by atoms with Crippen molar-refractivity contribution in [3.63, 3.8) is 0 Å². The zero-order chi connectivity index (χ0) is 17.3. The van der Waals surface area contributed by atoms with Gasteiger partial charge in [-0.3, -0.25) is 4.99 Å². The lowest BCUT2D eigenvalue weighted by Crippen LogP contribution is -2.42. The number of nitrogens with two attached hydrogens (primary N) is 1. The highest BCUT2D eigenvalue weighted by atomic mass is 127. The number of piperidine rings is 1. The topological polar surface area (TPSA) is 80.4 Å². The Labute approximate surface area is 162 Å². The van der Waals surface area contributed by atoms with Crippen molar-refractivity contribution in [2.45, 2.75) is 45.6 Å². The number of hydrogen-bond acceptors (Lipinski definition) is 4. The first-order chi connectivity index (χ1) is 10.8. The quantitative estimate of drug-likeness (QED) is 0.377. The van der Waals surface area contributed by atoms with E-state index in [1.165, 1.54) is 6.42 Å². The summed E-state index contributed by atoms with van der Waals surface area (Å²) in [5.74, 6) is 0.570. The lowest BCUT2D eigenvalue weighted by molar-refractivity contribution is 0.0208. The van der Waals surface area contributed by atoms with E-state index >= 15 is 0 Å². The smallest absolute Gasteiger partial charge is 0.410 e. The summed E-state index contributed by atoms with van der Waals surface area (Å²) in [5.41, 5.74) is 5.51. The molecule has 0 aromatic carbocycles. The van der Waals surface area contributed by atoms with Crippen molar-refractivity contribution in [2.75, 3.05) is 46.4 Å². The van der Waals surface area contributed by atoms with E-state index in [9.17, 15) is 4.79 Å². The molecule has 1 saturated heterocycles. The fourth-order valence-corrected chi connectivity index (χ4v) is 2.33. The number of carbonyl (C=O) groups is 1. The van der Waals surface area contributed by atoms with Crippen LogP contribution in [0.4, 0.5) is 4.79 Å². The van der Waals surface area contributed by atoms with Crippen LogP contribution in [0.15, 0.2) is 4.99 Å². The predicted molar refractivity (Wildman–Crippen MR) is 107 cm³/mol. The molecule has 0 radical (unpaired) electrons. The highest BCUT2D eigenvalue weighted by Crippen LogP contribution is 2.10. The van der Waals surface area contributed by atoms with E-state index in [4.69, 9.17) is 15.2 Å². The van der Waals surface area contributed by atoms with Gasteiger partial charge in [0.25, 0.3) is 0 Å². The first-order valence-electron chi connectivity index (χ1n) is 8.35. The maximum Gasteiger partial charge on any atom is 0.410 e. The Morgan fingerprint density at radius 3 is 2.38 bits per heavy atom. The lowest BCUT2D eigenvalue weighted by Gasteiger charge is -2.28. The van der Waals surface area contributed by atoms with Crippen molar-refractivity contribution in [2.24, 2.45) is 10.7 Å². The van der Waals surface area contributed by atoms with Gasteiger partial charge in [-0.15, -0.1) is 24.0 Å². The van der Waals surface area contributed by atoms with Crippen LogP contribution in [0, 0.1) is 0 Å². The third-order valence-corrected chi connectivity index (χ3v) is 3.54. The molecule has 7 nitrogen and oxygen atoms in total. The maximum atomic E-state index is 12.2. The minimum Gasteiger partial charge on any atom is -0.444 e. The Hall–Kier alpha value is -0.770. The van der Waals surface area contributed by atoms with Gasteiger partial charge in [-0.2, -0.15) is 0 Å². The van der Waals surface area contributed by atoms with E-state index in [0.29, 0.717) is 32.2 Å². The monoisotopic (exact) mass is 456 g/mol. The van der Waals surface area contributed by atoms with Gasteiger partial charge in [0.15, 0.2) is 5.96 Å². The average Bonchev–Trinajstić information content (AvgIpc) is 2.49. The molecule has 142 valence electrons. The summed E-state index contributed by atoms with van der Waals surface area (Å²) >= 11 is 0. The van der Waals surface area contributed by atoms with Crippen molar-refractivity contribution >= 4 is 36.0 Å². The Kier molecular flexibility index (Phi) is 11.4. The summed E-state index contributed by atoms with van der Waals surface area (Å²) in [7, 11) is 1.61. The second-order valence-electron chi connectivity index (χ2n) is 6.75. The Balaban J connectivity index is 0.00000529. The summed E-state index contributed by atoms with van der Waals surface area (Å²) in [6.07, 6.45) is 3.23. The highest BCUT2D eigenvalue weighted by Gasteiger charge is 2.21. The number of ether oxygens (including phenoxy) is 2. The number of aliphatic imine (C=N–C) groups is 1. The second kappa shape index (κ2) is 11.7. The molecular formula is C16H33IN4O3. The van der Waals surface area contributed by atoms with E-state index in [1.807, 2.05) is 20.8 Å². The fraction of sp³-hybridized carbons (Fsp3) is 0.875. The summed E-state index contributed by atoms with van der Waals surface area (Å²) in [4.78, 5) is 20.3. The van der Waals surface area contributed by atoms with Crippen molar-refractivity contribution in [1.29, 1.82) is 0 Å². The summed E-state index contributed by atoms with van der Waals surface area (Å²) in [6, 6.07) is 0. The van der Waals surface area contributed by atoms with Gasteiger partial charge in [-0.05, 0) is 40.0 Å². The van der Waals surface area contributed by atoms with Gasteiger partial charge in [0.2, 0.25) is 0 Å². The van der Waals surface area contributed by atoms with Crippen LogP contribution < -0.4 is 5.73 Å². The van der Waals surface area contributed by atoms with Crippen LogP contribution in [0.3, 0.4) is 0 Å². The molecule has 0 atom stereocenters. The molecular weight excluding hydrogens is 423 g/mol. The Bertz CT molecular complexity index is 393. The third-order valence-electron chi connectivity index (χ3n) is 3.54. The molecule has 1 aliphatic heterocycles. The minimum atomic E-state index is -0.515. The molecule has 0 aliphatic carbocycles. The van der Waals surface area contributed by atoms with E-state index < -0.39 is 5.60 Å². The standard InChI is InChI=1S/C16H32N4O3.HI/c1-16(2,3)23-15(21)20(12-13-22-4)11-8-18-14(17)19-9-6-5-7-10-19;/h5-13H2,1-4H3,(H2,17,18);1H. The van der Waals surface area contributed by atoms with Crippen LogP contribution in [0.5, 0.6) is 0 Å². The van der Waals surface area contributed by atoms with E-state index in [0.717, 1.165) is 25.9 Å². The van der Waals surface area contributed by atoms with Crippen molar-refractivity contribution in [3.8, 4) is 0 Å². The van der Waals surface area contributed by atoms with Crippen LogP contribution in [0.1, 0.15) is 40.0 Å². The molecule has 0 bridgehead atoms. The van der Waals surface area contributed by atoms with Crippen LogP contribution in [0.25, 0.3) is 0 Å². The number of halogens is 1. The van der Waals surface area contributed by atoms with Crippen LogP contribution in [-0.4, -0.2) is 73.9 Å². The summed E-state index contributed by atoms with van der Waals surface area (Å²) in [6.45, 7) is 9.36. The molecule has 0 spiro atoms. The molecule has 24 heavy (non-hydrogen) atoms. The van der Waals surface area contributed by atoms with Gasteiger partial charge in [0, 0.05) is 33.3 Å². The van der Waals surface area contributed by atoms with E-state index in [-0.39, 0.29) is 30.1 Å². The van der Waals surface area contributed by atoms with Crippen LogP contribution in [0.2, 0.25) is 0 Å². The van der Waals surface area contributed by atoms with Gasteiger partial charge in [0.05, 0.1) is 13.2 Å². The maximum absolute atomic E-state index is 12.2. The Morgan fingerprint density at radius 2 is 1.83 bits per heavy atom. The number of hydrogen-bond donors (Lipinski definition) is 1. The fourth-order valence-electron chi connectivity index (χ4n) is 2.33. The van der Waals surface area contributed by atoms with E-state index in [1.54, 1.807) is 12.0 Å². The van der Waals surface area contributed by atoms with Gasteiger partial charge in [0.1, 0.15) is 5.60 Å². The van der Waals surface area contributed by atoms with E-state index in [2.05, 4.69) is 9.89 Å². The number of likely N-dealkylation sites (tertiary alicyclic amines) is 1. The number of methoxy groups -OCH3 is 1. The van der Waals surface area contributed by atoms with Crippen molar-refractivity contribution in [1.82, 2.24) is 9.80 Å². The number of amides is 1. The molecule has 0 aromatic rings. The lowest BCUT2D eigenvalue weighted by atomic mass is 10.1.